The second-order valence-corrected chi connectivity index (χ2v) is 4.47. The normalized spacial score (nSPS) is 19.7. The fraction of sp³-hybridized carbons (Fsp3) is 0.500. The number of hydrogen-bond acceptors (Lipinski definition) is 3. The van der Waals surface area contributed by atoms with Crippen LogP contribution in [0.5, 0.6) is 0 Å². The quantitative estimate of drug-likeness (QED) is 0.758. The van der Waals surface area contributed by atoms with Crippen LogP contribution in [0.1, 0.15) is 34.2 Å². The van der Waals surface area contributed by atoms with E-state index >= 15 is 0 Å². The summed E-state index contributed by atoms with van der Waals surface area (Å²) in [6.45, 7) is 2.42. The summed E-state index contributed by atoms with van der Waals surface area (Å²) < 4.78 is 1.66. The lowest BCUT2D eigenvalue weighted by molar-refractivity contribution is 0.0755. The first kappa shape index (κ1) is 11.9. The van der Waals surface area contributed by atoms with E-state index in [4.69, 9.17) is 0 Å². The van der Waals surface area contributed by atoms with Gasteiger partial charge in [-0.25, -0.2) is 0 Å². The minimum absolute atomic E-state index is 0.0545. The molecular formula is C12H16N2O3. The molecular weight excluding hydrogens is 220 g/mol. The second-order valence-electron chi connectivity index (χ2n) is 4.47. The van der Waals surface area contributed by atoms with Crippen LogP contribution in [0.25, 0.3) is 0 Å². The van der Waals surface area contributed by atoms with Crippen molar-refractivity contribution in [3.8, 4) is 0 Å². The lowest BCUT2D eigenvalue weighted by atomic mass is 10.2. The summed E-state index contributed by atoms with van der Waals surface area (Å²) in [5.74, 6) is -0.183. The van der Waals surface area contributed by atoms with Crippen molar-refractivity contribution in [2.75, 3.05) is 13.1 Å². The van der Waals surface area contributed by atoms with Gasteiger partial charge in [-0.05, 0) is 19.4 Å². The highest BCUT2D eigenvalue weighted by molar-refractivity contribution is 5.99. The molecule has 1 aromatic rings. The van der Waals surface area contributed by atoms with Gasteiger partial charge >= 0.3 is 0 Å². The number of likely N-dealkylation sites (tertiary alicyclic amines) is 1. The van der Waals surface area contributed by atoms with Crippen molar-refractivity contribution in [2.24, 2.45) is 7.05 Å². The number of aliphatic hydroxyl groups is 1. The van der Waals surface area contributed by atoms with E-state index in [1.165, 1.54) is 6.92 Å². The summed E-state index contributed by atoms with van der Waals surface area (Å²) in [4.78, 5) is 25.0. The summed E-state index contributed by atoms with van der Waals surface area (Å²) in [5.41, 5.74) is 1.03. The second kappa shape index (κ2) is 4.33. The smallest absolute Gasteiger partial charge is 0.270 e. The topological polar surface area (TPSA) is 62.5 Å². The average Bonchev–Trinajstić information content (AvgIpc) is 2.84. The third-order valence-electron chi connectivity index (χ3n) is 3.08. The van der Waals surface area contributed by atoms with Crippen LogP contribution in [0.3, 0.4) is 0 Å². The van der Waals surface area contributed by atoms with Gasteiger partial charge in [0.15, 0.2) is 5.78 Å². The summed E-state index contributed by atoms with van der Waals surface area (Å²) in [7, 11) is 1.74. The monoisotopic (exact) mass is 236 g/mol. The highest BCUT2D eigenvalue weighted by atomic mass is 16.3. The zero-order valence-corrected chi connectivity index (χ0v) is 10.0. The van der Waals surface area contributed by atoms with Crippen LogP contribution in [0.2, 0.25) is 0 Å². The number of rotatable bonds is 2. The molecule has 1 aromatic heterocycles. The van der Waals surface area contributed by atoms with Crippen LogP contribution in [0.4, 0.5) is 0 Å². The Morgan fingerprint density at radius 1 is 1.47 bits per heavy atom. The Morgan fingerprint density at radius 3 is 2.65 bits per heavy atom. The van der Waals surface area contributed by atoms with Gasteiger partial charge < -0.3 is 14.6 Å². The van der Waals surface area contributed by atoms with Gasteiger partial charge in [-0.15, -0.1) is 0 Å². The van der Waals surface area contributed by atoms with Gasteiger partial charge in [0, 0.05) is 31.9 Å². The molecule has 17 heavy (non-hydrogen) atoms. The molecule has 0 bridgehead atoms. The summed E-state index contributed by atoms with van der Waals surface area (Å²) in [6, 6.07) is 1.61. The Hall–Kier alpha value is -1.62. The number of ketones is 1. The maximum absolute atomic E-state index is 12.1. The average molecular weight is 236 g/mol. The van der Waals surface area contributed by atoms with E-state index in [1.54, 1.807) is 28.8 Å². The lowest BCUT2D eigenvalue weighted by Crippen LogP contribution is -2.30. The largest absolute Gasteiger partial charge is 0.391 e. The van der Waals surface area contributed by atoms with Crippen molar-refractivity contribution in [3.05, 3.63) is 23.5 Å². The Labute approximate surface area is 99.6 Å². The molecule has 1 N–H and O–H groups in total. The molecule has 1 aliphatic rings. The summed E-state index contributed by atoms with van der Waals surface area (Å²) >= 11 is 0. The Morgan fingerprint density at radius 2 is 2.18 bits per heavy atom. The fourth-order valence-electron chi connectivity index (χ4n) is 2.06. The molecule has 1 saturated heterocycles. The Bertz CT molecular complexity index is 464. The maximum atomic E-state index is 12.1. The van der Waals surface area contributed by atoms with Crippen LogP contribution >= 0.6 is 0 Å². The molecule has 0 aliphatic carbocycles. The van der Waals surface area contributed by atoms with Crippen LogP contribution in [-0.2, 0) is 7.05 Å². The van der Waals surface area contributed by atoms with Crippen molar-refractivity contribution in [1.82, 2.24) is 9.47 Å². The molecule has 2 rings (SSSR count). The van der Waals surface area contributed by atoms with E-state index in [-0.39, 0.29) is 11.7 Å². The molecule has 0 saturated carbocycles. The Balaban J connectivity index is 2.22. The SMILES string of the molecule is CC(=O)c1cc(C(=O)N2CC[C@H](O)C2)n(C)c1. The molecule has 5 heteroatoms. The number of aryl methyl sites for hydroxylation is 1. The third-order valence-corrected chi connectivity index (χ3v) is 3.08. The van der Waals surface area contributed by atoms with E-state index in [0.29, 0.717) is 30.8 Å². The van der Waals surface area contributed by atoms with Gasteiger partial charge in [0.05, 0.1) is 6.10 Å². The van der Waals surface area contributed by atoms with Crippen molar-refractivity contribution in [1.29, 1.82) is 0 Å². The predicted molar refractivity (Wildman–Crippen MR) is 61.9 cm³/mol. The lowest BCUT2D eigenvalue weighted by Gasteiger charge is -2.15. The molecule has 1 atom stereocenters. The van der Waals surface area contributed by atoms with Gasteiger partial charge in [-0.3, -0.25) is 9.59 Å². The van der Waals surface area contributed by atoms with Gasteiger partial charge in [0.2, 0.25) is 0 Å². The predicted octanol–water partition coefficient (Wildman–Crippen LogP) is 0.434. The fourth-order valence-corrected chi connectivity index (χ4v) is 2.06. The van der Waals surface area contributed by atoms with Crippen molar-refractivity contribution in [3.63, 3.8) is 0 Å². The third kappa shape index (κ3) is 2.24. The molecule has 1 aliphatic heterocycles. The molecule has 1 fully saturated rings. The number of aromatic nitrogens is 1. The number of carbonyl (C=O) groups is 2. The van der Waals surface area contributed by atoms with Crippen molar-refractivity contribution in [2.45, 2.75) is 19.4 Å². The molecule has 2 heterocycles. The number of carbonyl (C=O) groups excluding carboxylic acids is 2. The number of hydrogen-bond donors (Lipinski definition) is 1. The summed E-state index contributed by atoms with van der Waals surface area (Å²) in [6.07, 6.45) is 1.85. The first-order valence-corrected chi connectivity index (χ1v) is 5.63. The number of amides is 1. The van der Waals surface area contributed by atoms with E-state index in [2.05, 4.69) is 0 Å². The van der Waals surface area contributed by atoms with E-state index < -0.39 is 6.10 Å². The highest BCUT2D eigenvalue weighted by Crippen LogP contribution is 2.15. The number of aliphatic hydroxyl groups excluding tert-OH is 1. The van der Waals surface area contributed by atoms with Crippen LogP contribution in [0.15, 0.2) is 12.3 Å². The first-order chi connectivity index (χ1) is 7.99. The van der Waals surface area contributed by atoms with Gasteiger partial charge in [0.1, 0.15) is 5.69 Å². The molecule has 92 valence electrons. The first-order valence-electron chi connectivity index (χ1n) is 5.63. The van der Waals surface area contributed by atoms with Gasteiger partial charge in [0.25, 0.3) is 5.91 Å². The van der Waals surface area contributed by atoms with E-state index in [1.807, 2.05) is 0 Å². The number of nitrogens with zero attached hydrogens (tertiary/aromatic N) is 2. The zero-order valence-electron chi connectivity index (χ0n) is 10.0. The molecule has 0 unspecified atom stereocenters. The minimum atomic E-state index is -0.425. The maximum Gasteiger partial charge on any atom is 0.270 e. The summed E-state index contributed by atoms with van der Waals surface area (Å²) in [5, 5.41) is 9.40. The van der Waals surface area contributed by atoms with Crippen LogP contribution in [0, 0.1) is 0 Å². The molecule has 0 radical (unpaired) electrons. The van der Waals surface area contributed by atoms with E-state index in [0.717, 1.165) is 0 Å². The molecule has 1 amide bonds. The molecule has 5 nitrogen and oxygen atoms in total. The highest BCUT2D eigenvalue weighted by Gasteiger charge is 2.27. The standard InChI is InChI=1S/C12H16N2O3/c1-8(15)9-5-11(13(2)6-9)12(17)14-4-3-10(16)7-14/h5-6,10,16H,3-4,7H2,1-2H3/t10-/m0/s1. The van der Waals surface area contributed by atoms with Crippen molar-refractivity contribution >= 4 is 11.7 Å². The zero-order chi connectivity index (χ0) is 12.6. The molecule has 0 spiro atoms. The van der Waals surface area contributed by atoms with Crippen LogP contribution in [-0.4, -0.2) is 45.5 Å². The minimum Gasteiger partial charge on any atom is -0.391 e. The van der Waals surface area contributed by atoms with Gasteiger partial charge in [-0.2, -0.15) is 0 Å². The van der Waals surface area contributed by atoms with E-state index in [9.17, 15) is 14.7 Å². The Kier molecular flexibility index (Phi) is 3.02. The molecule has 0 aromatic carbocycles. The van der Waals surface area contributed by atoms with Crippen LogP contribution < -0.4 is 0 Å². The van der Waals surface area contributed by atoms with Crippen molar-refractivity contribution < 1.29 is 14.7 Å². The number of Topliss-reactive ketones (excluding diaryl/α,β-unsaturated/α-hetero) is 1. The number of β-amino-alcohol motifs (C(OH)–C–C–N with tert-alkyl or cyclic N) is 1. The van der Waals surface area contributed by atoms with Gasteiger partial charge in [-0.1, -0.05) is 0 Å².